The number of anilines is 1. The highest BCUT2D eigenvalue weighted by molar-refractivity contribution is 6.32. The number of halogens is 1. The Kier molecular flexibility index (Phi) is 6.19. The van der Waals surface area contributed by atoms with Gasteiger partial charge in [0.1, 0.15) is 5.75 Å². The second kappa shape index (κ2) is 8.34. The number of nitro benzene ring substituents is 1. The van der Waals surface area contributed by atoms with Crippen molar-refractivity contribution < 1.29 is 14.5 Å². The van der Waals surface area contributed by atoms with Gasteiger partial charge in [-0.15, -0.1) is 0 Å². The molecule has 1 N–H and O–H groups in total. The first-order valence-electron chi connectivity index (χ1n) is 7.46. The van der Waals surface area contributed by atoms with E-state index in [-0.39, 0.29) is 29.0 Å². The molecule has 0 aliphatic heterocycles. The van der Waals surface area contributed by atoms with Crippen molar-refractivity contribution >= 4 is 28.9 Å². The van der Waals surface area contributed by atoms with Gasteiger partial charge in [0, 0.05) is 38.5 Å². The lowest BCUT2D eigenvalue weighted by molar-refractivity contribution is -0.384. The molecule has 1 amide bonds. The van der Waals surface area contributed by atoms with Crippen molar-refractivity contribution in [2.24, 2.45) is 0 Å². The number of ether oxygens (including phenoxy) is 1. The highest BCUT2D eigenvalue weighted by Gasteiger charge is 2.11. The molecule has 0 heterocycles. The lowest BCUT2D eigenvalue weighted by Crippen LogP contribution is -2.28. The van der Waals surface area contributed by atoms with Crippen LogP contribution in [0.2, 0.25) is 5.02 Å². The van der Waals surface area contributed by atoms with E-state index in [2.05, 4.69) is 5.32 Å². The van der Waals surface area contributed by atoms with E-state index in [1.54, 1.807) is 0 Å². The number of hydrogen-bond acceptors (Lipinski definition) is 5. The highest BCUT2D eigenvalue weighted by Crippen LogP contribution is 2.28. The van der Waals surface area contributed by atoms with E-state index in [1.165, 1.54) is 18.2 Å². The number of nitro groups is 1. The largest absolute Gasteiger partial charge is 0.482 e. The van der Waals surface area contributed by atoms with Crippen LogP contribution in [0, 0.1) is 10.1 Å². The number of non-ortho nitro benzene ring substituents is 1. The molecule has 0 saturated carbocycles. The molecule has 0 fully saturated rings. The molecule has 2 aromatic rings. The summed E-state index contributed by atoms with van der Waals surface area (Å²) in [6.07, 6.45) is 0. The van der Waals surface area contributed by atoms with Crippen molar-refractivity contribution in [1.82, 2.24) is 5.32 Å². The molecule has 0 aliphatic carbocycles. The zero-order chi connectivity index (χ0) is 18.4. The summed E-state index contributed by atoms with van der Waals surface area (Å²) in [7, 11) is 3.91. The molecule has 25 heavy (non-hydrogen) atoms. The molecule has 0 atom stereocenters. The number of nitrogens with one attached hydrogen (secondary N) is 1. The molecule has 132 valence electrons. The third kappa shape index (κ3) is 5.36. The second-order valence-electron chi connectivity index (χ2n) is 5.50. The summed E-state index contributed by atoms with van der Waals surface area (Å²) in [6.45, 7) is 0.150. The molecule has 0 bridgehead atoms. The third-order valence-electron chi connectivity index (χ3n) is 3.43. The standard InChI is InChI=1S/C17H18ClN3O4/c1-20(2)13-5-3-12(4-6-13)10-19-17(22)11-25-16-8-7-14(21(23)24)9-15(16)18/h3-9H,10-11H2,1-2H3,(H,19,22). The summed E-state index contributed by atoms with van der Waals surface area (Å²) in [5.41, 5.74) is 1.90. The molecule has 0 unspecified atom stereocenters. The molecular formula is C17H18ClN3O4. The lowest BCUT2D eigenvalue weighted by atomic mass is 10.2. The first kappa shape index (κ1) is 18.5. The van der Waals surface area contributed by atoms with E-state index >= 15 is 0 Å². The maximum Gasteiger partial charge on any atom is 0.271 e. The Morgan fingerprint density at radius 3 is 2.48 bits per heavy atom. The maximum absolute atomic E-state index is 11.9. The number of hydrogen-bond donors (Lipinski definition) is 1. The van der Waals surface area contributed by atoms with E-state index in [1.807, 2.05) is 43.3 Å². The Morgan fingerprint density at radius 2 is 1.92 bits per heavy atom. The topological polar surface area (TPSA) is 84.7 Å². The number of rotatable bonds is 7. The van der Waals surface area contributed by atoms with Crippen LogP contribution >= 0.6 is 11.6 Å². The van der Waals surface area contributed by atoms with Gasteiger partial charge in [0.2, 0.25) is 0 Å². The van der Waals surface area contributed by atoms with Crippen molar-refractivity contribution in [3.8, 4) is 5.75 Å². The number of nitrogens with zero attached hydrogens (tertiary/aromatic N) is 2. The molecule has 0 aliphatic rings. The van der Waals surface area contributed by atoms with E-state index in [4.69, 9.17) is 16.3 Å². The Labute approximate surface area is 150 Å². The van der Waals surface area contributed by atoms with E-state index in [0.717, 1.165) is 11.3 Å². The quantitative estimate of drug-likeness (QED) is 0.603. The fourth-order valence-corrected chi connectivity index (χ4v) is 2.26. The Balaban J connectivity index is 1.83. The van der Waals surface area contributed by atoms with Gasteiger partial charge in [0.25, 0.3) is 11.6 Å². The summed E-state index contributed by atoms with van der Waals surface area (Å²) in [4.78, 5) is 23.9. The summed E-state index contributed by atoms with van der Waals surface area (Å²) in [5, 5.41) is 13.5. The molecule has 7 nitrogen and oxygen atoms in total. The molecule has 0 aromatic heterocycles. The SMILES string of the molecule is CN(C)c1ccc(CNC(=O)COc2ccc([N+](=O)[O-])cc2Cl)cc1. The van der Waals surface area contributed by atoms with E-state index in [0.29, 0.717) is 6.54 Å². The van der Waals surface area contributed by atoms with Crippen LogP contribution in [0.4, 0.5) is 11.4 Å². The average Bonchev–Trinajstić information content (AvgIpc) is 2.59. The van der Waals surface area contributed by atoms with Gasteiger partial charge in [-0.2, -0.15) is 0 Å². The first-order chi connectivity index (χ1) is 11.9. The minimum absolute atomic E-state index is 0.0845. The van der Waals surface area contributed by atoms with E-state index in [9.17, 15) is 14.9 Å². The van der Waals surface area contributed by atoms with E-state index < -0.39 is 4.92 Å². The third-order valence-corrected chi connectivity index (χ3v) is 3.72. The predicted octanol–water partition coefficient (Wildman–Crippen LogP) is 3.01. The van der Waals surface area contributed by atoms with Gasteiger partial charge in [-0.25, -0.2) is 0 Å². The van der Waals surface area contributed by atoms with Crippen molar-refractivity contribution in [1.29, 1.82) is 0 Å². The minimum Gasteiger partial charge on any atom is -0.482 e. The summed E-state index contributed by atoms with van der Waals surface area (Å²) >= 11 is 5.91. The number of benzene rings is 2. The van der Waals surface area contributed by atoms with Crippen LogP contribution in [0.25, 0.3) is 0 Å². The summed E-state index contributed by atoms with van der Waals surface area (Å²) in [6, 6.07) is 11.6. The molecule has 8 heteroatoms. The van der Waals surface area contributed by atoms with Gasteiger partial charge in [0.15, 0.2) is 6.61 Å². The summed E-state index contributed by atoms with van der Waals surface area (Å²) < 4.78 is 5.30. The van der Waals surface area contributed by atoms with Crippen LogP contribution in [-0.4, -0.2) is 31.5 Å². The number of carbonyl (C=O) groups is 1. The van der Waals surface area contributed by atoms with Crippen LogP contribution in [0.1, 0.15) is 5.56 Å². The first-order valence-corrected chi connectivity index (χ1v) is 7.84. The Hall–Kier alpha value is -2.80. The Morgan fingerprint density at radius 1 is 1.24 bits per heavy atom. The zero-order valence-corrected chi connectivity index (χ0v) is 14.6. The molecule has 0 radical (unpaired) electrons. The predicted molar refractivity (Wildman–Crippen MR) is 96.2 cm³/mol. The molecule has 0 saturated heterocycles. The average molecular weight is 364 g/mol. The van der Waals surface area contributed by atoms with Crippen LogP contribution < -0.4 is 15.0 Å². The number of carbonyl (C=O) groups excluding carboxylic acids is 1. The molecular weight excluding hydrogens is 346 g/mol. The van der Waals surface area contributed by atoms with Crippen LogP contribution in [0.15, 0.2) is 42.5 Å². The van der Waals surface area contributed by atoms with Crippen molar-refractivity contribution in [3.05, 3.63) is 63.2 Å². The molecule has 2 aromatic carbocycles. The summed E-state index contributed by atoms with van der Waals surface area (Å²) in [5.74, 6) is -0.0936. The Bertz CT molecular complexity index is 763. The second-order valence-corrected chi connectivity index (χ2v) is 5.91. The highest BCUT2D eigenvalue weighted by atomic mass is 35.5. The van der Waals surface area contributed by atoms with Crippen LogP contribution in [0.3, 0.4) is 0 Å². The molecule has 0 spiro atoms. The fraction of sp³-hybridized carbons (Fsp3) is 0.235. The van der Waals surface area contributed by atoms with Gasteiger partial charge in [-0.3, -0.25) is 14.9 Å². The maximum atomic E-state index is 11.9. The van der Waals surface area contributed by atoms with Crippen LogP contribution in [-0.2, 0) is 11.3 Å². The van der Waals surface area contributed by atoms with Crippen molar-refractivity contribution in [2.45, 2.75) is 6.54 Å². The fourth-order valence-electron chi connectivity index (χ4n) is 2.03. The van der Waals surface area contributed by atoms with Gasteiger partial charge < -0.3 is 15.0 Å². The van der Waals surface area contributed by atoms with Crippen molar-refractivity contribution in [3.63, 3.8) is 0 Å². The van der Waals surface area contributed by atoms with Gasteiger partial charge >= 0.3 is 0 Å². The number of amides is 1. The van der Waals surface area contributed by atoms with Gasteiger partial charge in [-0.05, 0) is 23.8 Å². The van der Waals surface area contributed by atoms with Gasteiger partial charge in [0.05, 0.1) is 9.95 Å². The van der Waals surface area contributed by atoms with Gasteiger partial charge in [-0.1, -0.05) is 23.7 Å². The zero-order valence-electron chi connectivity index (χ0n) is 13.9. The lowest BCUT2D eigenvalue weighted by Gasteiger charge is -2.13. The minimum atomic E-state index is -0.552. The smallest absolute Gasteiger partial charge is 0.271 e. The molecule has 2 rings (SSSR count). The van der Waals surface area contributed by atoms with Crippen molar-refractivity contribution in [2.75, 3.05) is 25.6 Å². The van der Waals surface area contributed by atoms with Crippen LogP contribution in [0.5, 0.6) is 5.75 Å². The normalized spacial score (nSPS) is 10.2. The monoisotopic (exact) mass is 363 g/mol.